The first-order chi connectivity index (χ1) is 10.9. The zero-order valence-electron chi connectivity index (χ0n) is 12.2. The number of benzene rings is 1. The van der Waals surface area contributed by atoms with Crippen LogP contribution in [0.4, 0.5) is 0 Å². The van der Waals surface area contributed by atoms with Crippen LogP contribution in [-0.2, 0) is 11.2 Å². The minimum Gasteiger partial charge on any atom is -0.502 e. The normalized spacial score (nSPS) is 11.3. The average molecular weight is 314 g/mol. The number of rotatable bonds is 6. The first-order valence-electron chi connectivity index (χ1n) is 6.69. The topological polar surface area (TPSA) is 120 Å². The molecule has 2 rings (SSSR count). The Morgan fingerprint density at radius 3 is 2.39 bits per heavy atom. The van der Waals surface area contributed by atoms with Crippen molar-refractivity contribution in [2.45, 2.75) is 13.3 Å². The van der Waals surface area contributed by atoms with Crippen molar-refractivity contribution in [2.75, 3.05) is 0 Å². The number of aliphatic carboxylic acids is 1. The minimum atomic E-state index is -1.58. The zero-order chi connectivity index (χ0) is 17.0. The Morgan fingerprint density at radius 2 is 1.83 bits per heavy atom. The summed E-state index contributed by atoms with van der Waals surface area (Å²) >= 11 is 0. The zero-order valence-corrected chi connectivity index (χ0v) is 12.2. The predicted octanol–water partition coefficient (Wildman–Crippen LogP) is 1.91. The lowest BCUT2D eigenvalue weighted by Gasteiger charge is -1.99. The largest absolute Gasteiger partial charge is 0.502 e. The number of H-pyrrole nitrogens is 1. The van der Waals surface area contributed by atoms with Gasteiger partial charge in [-0.25, -0.2) is 4.79 Å². The highest BCUT2D eigenvalue weighted by atomic mass is 16.4. The molecule has 2 aromatic rings. The Bertz CT molecular complexity index is 787. The van der Waals surface area contributed by atoms with E-state index in [0.717, 1.165) is 5.56 Å². The van der Waals surface area contributed by atoms with E-state index in [9.17, 15) is 14.4 Å². The summed E-state index contributed by atoms with van der Waals surface area (Å²) in [7, 11) is 0. The number of aliphatic hydroxyl groups is 1. The van der Waals surface area contributed by atoms with Gasteiger partial charge in [0.1, 0.15) is 5.69 Å². The van der Waals surface area contributed by atoms with Gasteiger partial charge in [0.15, 0.2) is 5.78 Å². The smallest absolute Gasteiger partial charge is 0.371 e. The molecule has 1 heterocycles. The molecule has 1 aromatic heterocycles. The Kier molecular flexibility index (Phi) is 4.70. The number of Topliss-reactive ketones (excluding diaryl/α,β-unsaturated/α-hetero) is 1. The van der Waals surface area contributed by atoms with Gasteiger partial charge in [0, 0.05) is 18.1 Å². The Morgan fingerprint density at radius 1 is 1.17 bits per heavy atom. The van der Waals surface area contributed by atoms with Crippen LogP contribution in [0.1, 0.15) is 39.0 Å². The molecule has 0 aliphatic rings. The fraction of sp³-hybridized carbons (Fsp3) is 0.125. The van der Waals surface area contributed by atoms with Crippen molar-refractivity contribution in [3.63, 3.8) is 0 Å². The van der Waals surface area contributed by atoms with Gasteiger partial charge in [-0.1, -0.05) is 24.3 Å². The highest BCUT2D eigenvalue weighted by Crippen LogP contribution is 2.11. The third kappa shape index (κ3) is 4.13. The van der Waals surface area contributed by atoms with Crippen molar-refractivity contribution in [1.29, 1.82) is 0 Å². The van der Waals surface area contributed by atoms with Crippen LogP contribution >= 0.6 is 0 Å². The van der Waals surface area contributed by atoms with E-state index >= 15 is 0 Å². The molecule has 0 saturated carbocycles. The van der Waals surface area contributed by atoms with Crippen LogP contribution in [0.3, 0.4) is 0 Å². The molecule has 1 aromatic carbocycles. The van der Waals surface area contributed by atoms with Gasteiger partial charge in [-0.3, -0.25) is 14.7 Å². The van der Waals surface area contributed by atoms with E-state index in [1.807, 2.05) is 0 Å². The molecule has 7 nitrogen and oxygen atoms in total. The number of ketones is 2. The van der Waals surface area contributed by atoms with Crippen LogP contribution in [0.25, 0.3) is 0 Å². The molecule has 0 atom stereocenters. The Balaban J connectivity index is 2.10. The highest BCUT2D eigenvalue weighted by Gasteiger charge is 2.12. The molecule has 0 saturated heterocycles. The van der Waals surface area contributed by atoms with Crippen LogP contribution in [0.2, 0.25) is 0 Å². The summed E-state index contributed by atoms with van der Waals surface area (Å²) in [6.07, 6.45) is 1.05. The number of carboxylic acid groups (broad SMARTS) is 1. The molecule has 0 bridgehead atoms. The van der Waals surface area contributed by atoms with Crippen molar-refractivity contribution in [3.05, 3.63) is 64.7 Å². The minimum absolute atomic E-state index is 0.0192. The lowest BCUT2D eigenvalue weighted by atomic mass is 10.1. The quantitative estimate of drug-likeness (QED) is 0.425. The summed E-state index contributed by atoms with van der Waals surface area (Å²) in [5, 5.41) is 24.0. The SMILES string of the molecule is CC(=O)c1ccc(Cc2cc(C(=O)C=C(O)C(=O)O)[nH]n2)cc1. The third-order valence-corrected chi connectivity index (χ3v) is 3.13. The first kappa shape index (κ1) is 16.2. The van der Waals surface area contributed by atoms with E-state index < -0.39 is 17.5 Å². The molecular weight excluding hydrogens is 300 g/mol. The van der Waals surface area contributed by atoms with Gasteiger partial charge in [-0.2, -0.15) is 5.10 Å². The van der Waals surface area contributed by atoms with E-state index in [1.54, 1.807) is 24.3 Å². The Labute approximate surface area is 131 Å². The molecule has 7 heteroatoms. The third-order valence-electron chi connectivity index (χ3n) is 3.13. The van der Waals surface area contributed by atoms with Crippen LogP contribution < -0.4 is 0 Å². The number of aromatic amines is 1. The molecule has 0 fully saturated rings. The van der Waals surface area contributed by atoms with Gasteiger partial charge in [0.05, 0.1) is 5.69 Å². The first-order valence-corrected chi connectivity index (χ1v) is 6.69. The number of aliphatic hydroxyl groups excluding tert-OH is 1. The fourth-order valence-corrected chi connectivity index (χ4v) is 1.91. The average Bonchev–Trinajstić information content (AvgIpc) is 2.96. The lowest BCUT2D eigenvalue weighted by Crippen LogP contribution is -2.04. The molecule has 0 aliphatic carbocycles. The van der Waals surface area contributed by atoms with Gasteiger partial charge >= 0.3 is 5.97 Å². The maximum Gasteiger partial charge on any atom is 0.371 e. The number of nitrogens with zero attached hydrogens (tertiary/aromatic N) is 1. The second-order valence-corrected chi connectivity index (χ2v) is 4.90. The summed E-state index contributed by atoms with van der Waals surface area (Å²) in [6, 6.07) is 8.49. The van der Waals surface area contributed by atoms with Crippen LogP contribution in [0, 0.1) is 0 Å². The van der Waals surface area contributed by atoms with Crippen LogP contribution in [0.15, 0.2) is 42.2 Å². The maximum atomic E-state index is 11.7. The van der Waals surface area contributed by atoms with Crippen molar-refractivity contribution in [2.24, 2.45) is 0 Å². The Hall–Kier alpha value is -3.22. The van der Waals surface area contributed by atoms with Crippen molar-refractivity contribution in [3.8, 4) is 0 Å². The van der Waals surface area contributed by atoms with E-state index in [2.05, 4.69) is 10.2 Å². The summed E-state index contributed by atoms with van der Waals surface area (Å²) in [4.78, 5) is 33.4. The summed E-state index contributed by atoms with van der Waals surface area (Å²) in [6.45, 7) is 1.49. The summed E-state index contributed by atoms with van der Waals surface area (Å²) < 4.78 is 0. The second-order valence-electron chi connectivity index (χ2n) is 4.90. The van der Waals surface area contributed by atoms with Crippen LogP contribution in [-0.4, -0.2) is 37.9 Å². The van der Waals surface area contributed by atoms with E-state index in [1.165, 1.54) is 13.0 Å². The number of hydrogen-bond acceptors (Lipinski definition) is 5. The molecule has 3 N–H and O–H groups in total. The number of nitrogens with one attached hydrogen (secondary N) is 1. The summed E-state index contributed by atoms with van der Waals surface area (Å²) in [5.74, 6) is -3.32. The molecular formula is C16H14N2O5. The molecule has 0 spiro atoms. The number of carboxylic acids is 1. The molecule has 0 amide bonds. The van der Waals surface area contributed by atoms with Gasteiger partial charge in [0.25, 0.3) is 0 Å². The van der Waals surface area contributed by atoms with Crippen molar-refractivity contribution in [1.82, 2.24) is 10.2 Å². The monoisotopic (exact) mass is 314 g/mol. The van der Waals surface area contributed by atoms with Crippen molar-refractivity contribution < 1.29 is 24.6 Å². The van der Waals surface area contributed by atoms with E-state index in [-0.39, 0.29) is 11.5 Å². The lowest BCUT2D eigenvalue weighted by molar-refractivity contribution is -0.135. The molecule has 118 valence electrons. The summed E-state index contributed by atoms with van der Waals surface area (Å²) in [5.41, 5.74) is 2.17. The number of hydrogen-bond donors (Lipinski definition) is 3. The molecule has 0 aliphatic heterocycles. The van der Waals surface area contributed by atoms with Gasteiger partial charge in [0.2, 0.25) is 11.5 Å². The van der Waals surface area contributed by atoms with Gasteiger partial charge in [-0.05, 0) is 18.6 Å². The standard InChI is InChI=1S/C16H14N2O5/c1-9(19)11-4-2-10(3-5-11)6-12-7-13(18-17-12)14(20)8-15(21)16(22)23/h2-5,7-8,21H,6H2,1H3,(H,17,18)(H,22,23). The van der Waals surface area contributed by atoms with E-state index in [0.29, 0.717) is 23.8 Å². The number of aromatic nitrogens is 2. The van der Waals surface area contributed by atoms with Crippen LogP contribution in [0.5, 0.6) is 0 Å². The molecule has 0 radical (unpaired) electrons. The second kappa shape index (κ2) is 6.69. The number of carbonyl (C=O) groups is 3. The van der Waals surface area contributed by atoms with Gasteiger partial charge < -0.3 is 10.2 Å². The molecule has 0 unspecified atom stereocenters. The van der Waals surface area contributed by atoms with Crippen molar-refractivity contribution >= 4 is 17.5 Å². The highest BCUT2D eigenvalue weighted by molar-refractivity contribution is 6.06. The number of carbonyl (C=O) groups excluding carboxylic acids is 2. The van der Waals surface area contributed by atoms with Gasteiger partial charge in [-0.15, -0.1) is 0 Å². The van der Waals surface area contributed by atoms with E-state index in [4.69, 9.17) is 10.2 Å². The predicted molar refractivity (Wildman–Crippen MR) is 80.5 cm³/mol. The maximum absolute atomic E-state index is 11.7. The fourth-order valence-electron chi connectivity index (χ4n) is 1.91. The molecule has 23 heavy (non-hydrogen) atoms. The number of allylic oxidation sites excluding steroid dienone is 1.